The molecule has 0 heterocycles. The lowest BCUT2D eigenvalue weighted by molar-refractivity contribution is 0.0955. The molecule has 0 aliphatic carbocycles. The van der Waals surface area contributed by atoms with Gasteiger partial charge in [-0.1, -0.05) is 50.1 Å². The van der Waals surface area contributed by atoms with Gasteiger partial charge in [0.1, 0.15) is 11.8 Å². The summed E-state index contributed by atoms with van der Waals surface area (Å²) in [6.45, 7) is 9.95. The number of amides is 1. The Hall–Kier alpha value is -2.71. The molecule has 0 aliphatic heterocycles. The first-order valence-electron chi connectivity index (χ1n) is 9.37. The minimum absolute atomic E-state index is 0.295. The van der Waals surface area contributed by atoms with Gasteiger partial charge in [-0.2, -0.15) is 5.26 Å². The van der Waals surface area contributed by atoms with Gasteiger partial charge in [0.25, 0.3) is 5.91 Å². The Kier molecular flexibility index (Phi) is 7.16. The zero-order valence-corrected chi connectivity index (χ0v) is 19.0. The van der Waals surface area contributed by atoms with E-state index in [0.29, 0.717) is 22.6 Å². The average Bonchev–Trinajstić information content (AvgIpc) is 2.65. The number of nitrogens with one attached hydrogen (secondary N) is 1. The van der Waals surface area contributed by atoms with Crippen LogP contribution in [0.15, 0.2) is 47.0 Å². The number of benzene rings is 2. The molecule has 152 valence electrons. The van der Waals surface area contributed by atoms with E-state index in [9.17, 15) is 10.1 Å². The summed E-state index contributed by atoms with van der Waals surface area (Å²) in [5, 5.41) is 13.0. The van der Waals surface area contributed by atoms with Crippen LogP contribution in [-0.4, -0.2) is 19.3 Å². The number of methoxy groups -OCH3 is 1. The molecule has 0 bridgehead atoms. The van der Waals surface area contributed by atoms with Crippen molar-refractivity contribution in [1.29, 1.82) is 5.26 Å². The molecule has 0 radical (unpaired) electrons. The van der Waals surface area contributed by atoms with Crippen molar-refractivity contribution in [2.45, 2.75) is 39.5 Å². The second-order valence-electron chi connectivity index (χ2n) is 8.01. The van der Waals surface area contributed by atoms with Crippen molar-refractivity contribution in [2.24, 2.45) is 5.41 Å². The first kappa shape index (κ1) is 22.6. The molecule has 0 aromatic heterocycles. The lowest BCUT2D eigenvalue weighted by atomic mass is 9.86. The van der Waals surface area contributed by atoms with E-state index in [2.05, 4.69) is 17.5 Å². The van der Waals surface area contributed by atoms with E-state index < -0.39 is 5.41 Å². The minimum Gasteiger partial charge on any atom is -0.496 e. The normalized spacial score (nSPS) is 12.1. The standard InChI is InChI=1S/C24H28N2O2S/c1-15-10-16(2)12-17(11-15)20(14-25)22(24(3,4)5)26-23(27)19-9-8-18(29-7)13-21(19)28-6/h8-13H,1-7H3,(H,26,27). The summed E-state index contributed by atoms with van der Waals surface area (Å²) in [4.78, 5) is 14.1. The summed E-state index contributed by atoms with van der Waals surface area (Å²) in [6.07, 6.45) is 1.97. The number of nitriles is 1. The Bertz CT molecular complexity index is 975. The van der Waals surface area contributed by atoms with Gasteiger partial charge in [0.2, 0.25) is 0 Å². The Morgan fingerprint density at radius 3 is 2.21 bits per heavy atom. The van der Waals surface area contributed by atoms with Crippen LogP contribution >= 0.6 is 11.8 Å². The number of carbonyl (C=O) groups excluding carboxylic acids is 1. The minimum atomic E-state index is -0.440. The van der Waals surface area contributed by atoms with Gasteiger partial charge in [-0.25, -0.2) is 0 Å². The number of ether oxygens (including phenoxy) is 1. The summed E-state index contributed by atoms with van der Waals surface area (Å²) >= 11 is 1.58. The number of nitrogens with zero attached hydrogens (tertiary/aromatic N) is 1. The second-order valence-corrected chi connectivity index (χ2v) is 8.89. The van der Waals surface area contributed by atoms with E-state index >= 15 is 0 Å². The Morgan fingerprint density at radius 1 is 1.10 bits per heavy atom. The van der Waals surface area contributed by atoms with E-state index in [4.69, 9.17) is 4.74 Å². The molecule has 0 saturated carbocycles. The van der Waals surface area contributed by atoms with Crippen molar-refractivity contribution in [2.75, 3.05) is 13.4 Å². The molecule has 1 amide bonds. The topological polar surface area (TPSA) is 62.1 Å². The van der Waals surface area contributed by atoms with Gasteiger partial charge < -0.3 is 10.1 Å². The number of aryl methyl sites for hydroxylation is 2. The first-order valence-corrected chi connectivity index (χ1v) is 10.6. The number of carbonyl (C=O) groups is 1. The molecule has 29 heavy (non-hydrogen) atoms. The lowest BCUT2D eigenvalue weighted by Gasteiger charge is -2.26. The van der Waals surface area contributed by atoms with E-state index in [1.165, 1.54) is 0 Å². The largest absolute Gasteiger partial charge is 0.496 e. The van der Waals surface area contributed by atoms with Crippen molar-refractivity contribution < 1.29 is 9.53 Å². The Morgan fingerprint density at radius 2 is 1.72 bits per heavy atom. The molecule has 0 spiro atoms. The quantitative estimate of drug-likeness (QED) is 0.506. The van der Waals surface area contributed by atoms with E-state index in [-0.39, 0.29) is 5.91 Å². The molecule has 2 aromatic carbocycles. The van der Waals surface area contributed by atoms with Crippen LogP contribution in [0.4, 0.5) is 0 Å². The van der Waals surface area contributed by atoms with Crippen LogP contribution in [0.25, 0.3) is 5.57 Å². The number of hydrogen-bond donors (Lipinski definition) is 1. The maximum absolute atomic E-state index is 13.1. The van der Waals surface area contributed by atoms with Crippen molar-refractivity contribution in [1.82, 2.24) is 5.32 Å². The molecule has 2 aromatic rings. The average molecular weight is 409 g/mol. The number of allylic oxidation sites excluding steroid dienone is 2. The van der Waals surface area contributed by atoms with Gasteiger partial charge in [0.05, 0.1) is 18.2 Å². The predicted octanol–water partition coefficient (Wildman–Crippen LogP) is 5.74. The molecular formula is C24H28N2O2S. The predicted molar refractivity (Wildman–Crippen MR) is 120 cm³/mol. The molecule has 1 N–H and O–H groups in total. The molecule has 0 aliphatic rings. The Labute approximate surface area is 178 Å². The van der Waals surface area contributed by atoms with Crippen molar-refractivity contribution in [3.05, 3.63) is 64.3 Å². The maximum atomic E-state index is 13.1. The van der Waals surface area contributed by atoms with Crippen LogP contribution in [0.5, 0.6) is 5.75 Å². The van der Waals surface area contributed by atoms with Crippen LogP contribution in [0.1, 0.15) is 47.8 Å². The summed E-state index contributed by atoms with van der Waals surface area (Å²) in [5.41, 5.74) is 4.00. The number of rotatable bonds is 5. The lowest BCUT2D eigenvalue weighted by Crippen LogP contribution is -2.31. The molecule has 2 rings (SSSR count). The van der Waals surface area contributed by atoms with Crippen molar-refractivity contribution >= 4 is 23.2 Å². The highest BCUT2D eigenvalue weighted by Gasteiger charge is 2.26. The number of hydrogen-bond acceptors (Lipinski definition) is 4. The number of thioether (sulfide) groups is 1. The Balaban J connectivity index is 2.58. The molecule has 5 heteroatoms. The highest BCUT2D eigenvalue weighted by atomic mass is 32.2. The van der Waals surface area contributed by atoms with Gasteiger partial charge in [-0.3, -0.25) is 4.79 Å². The highest BCUT2D eigenvalue weighted by molar-refractivity contribution is 7.98. The van der Waals surface area contributed by atoms with Gasteiger partial charge in [-0.15, -0.1) is 11.8 Å². The van der Waals surface area contributed by atoms with Crippen LogP contribution in [0.3, 0.4) is 0 Å². The molecule has 0 atom stereocenters. The zero-order valence-electron chi connectivity index (χ0n) is 18.1. The molecule has 4 nitrogen and oxygen atoms in total. The van der Waals surface area contributed by atoms with Gasteiger partial charge in [0.15, 0.2) is 0 Å². The summed E-state index contributed by atoms with van der Waals surface area (Å²) in [7, 11) is 1.55. The van der Waals surface area contributed by atoms with Gasteiger partial charge in [-0.05, 0) is 43.9 Å². The monoisotopic (exact) mass is 408 g/mol. The van der Waals surface area contributed by atoms with Crippen LogP contribution < -0.4 is 10.1 Å². The second kappa shape index (κ2) is 9.19. The fraction of sp³-hybridized carbons (Fsp3) is 0.333. The fourth-order valence-electron chi connectivity index (χ4n) is 3.18. The van der Waals surface area contributed by atoms with Crippen LogP contribution in [0.2, 0.25) is 0 Å². The van der Waals surface area contributed by atoms with E-state index in [0.717, 1.165) is 21.6 Å². The SMILES string of the molecule is COc1cc(SC)ccc1C(=O)NC(=C(C#N)c1cc(C)cc(C)c1)C(C)(C)C. The summed E-state index contributed by atoms with van der Waals surface area (Å²) < 4.78 is 5.42. The maximum Gasteiger partial charge on any atom is 0.259 e. The summed E-state index contributed by atoms with van der Waals surface area (Å²) in [5.74, 6) is 0.212. The molecular weight excluding hydrogens is 380 g/mol. The van der Waals surface area contributed by atoms with E-state index in [1.807, 2.05) is 65.1 Å². The third-order valence-corrected chi connectivity index (χ3v) is 5.24. The molecule has 0 saturated heterocycles. The van der Waals surface area contributed by atoms with Gasteiger partial charge in [0, 0.05) is 16.0 Å². The third-order valence-electron chi connectivity index (χ3n) is 4.51. The van der Waals surface area contributed by atoms with Gasteiger partial charge >= 0.3 is 0 Å². The summed E-state index contributed by atoms with van der Waals surface area (Å²) in [6, 6.07) is 13.8. The molecule has 0 unspecified atom stereocenters. The van der Waals surface area contributed by atoms with Crippen LogP contribution in [0, 0.1) is 30.6 Å². The third kappa shape index (κ3) is 5.42. The first-order chi connectivity index (χ1) is 13.6. The van der Waals surface area contributed by atoms with E-state index in [1.54, 1.807) is 24.9 Å². The zero-order chi connectivity index (χ0) is 21.8. The van der Waals surface area contributed by atoms with Crippen molar-refractivity contribution in [3.63, 3.8) is 0 Å². The smallest absolute Gasteiger partial charge is 0.259 e. The van der Waals surface area contributed by atoms with Crippen LogP contribution in [-0.2, 0) is 0 Å². The fourth-order valence-corrected chi connectivity index (χ4v) is 3.60. The highest BCUT2D eigenvalue weighted by Crippen LogP contribution is 2.32. The molecule has 0 fully saturated rings. The van der Waals surface area contributed by atoms with Crippen molar-refractivity contribution in [3.8, 4) is 11.8 Å².